The highest BCUT2D eigenvalue weighted by Crippen LogP contribution is 2.30. The van der Waals surface area contributed by atoms with Crippen molar-refractivity contribution in [2.75, 3.05) is 19.5 Å². The van der Waals surface area contributed by atoms with Gasteiger partial charge in [0.2, 0.25) is 15.0 Å². The standard InChI is InChI=1S/C20H17ClFN3O5S/c1-29-13-7-8-16(17(9-13)30-2)24-19(26)18-14(21)10-23-20(25-18)31(27,28)11-12-5-3-4-6-15(12)22/h3-10H,11H2,1-2H3,(H,24,26). The number of methoxy groups -OCH3 is 2. The van der Waals surface area contributed by atoms with Crippen LogP contribution in [-0.4, -0.2) is 38.5 Å². The molecule has 1 N–H and O–H groups in total. The zero-order valence-electron chi connectivity index (χ0n) is 16.4. The predicted octanol–water partition coefficient (Wildman–Crippen LogP) is 3.51. The van der Waals surface area contributed by atoms with Gasteiger partial charge in [-0.25, -0.2) is 22.8 Å². The Labute approximate surface area is 182 Å². The van der Waals surface area contributed by atoms with Crippen molar-refractivity contribution in [2.24, 2.45) is 0 Å². The Morgan fingerprint density at radius 2 is 1.90 bits per heavy atom. The van der Waals surface area contributed by atoms with Crippen molar-refractivity contribution in [2.45, 2.75) is 10.9 Å². The minimum atomic E-state index is -4.15. The minimum absolute atomic E-state index is 0.0463. The number of hydrogen-bond donors (Lipinski definition) is 1. The third kappa shape index (κ3) is 5.09. The molecule has 3 aromatic rings. The van der Waals surface area contributed by atoms with E-state index in [4.69, 9.17) is 21.1 Å². The molecule has 3 rings (SSSR count). The molecule has 0 aliphatic rings. The van der Waals surface area contributed by atoms with Crippen molar-refractivity contribution in [3.63, 3.8) is 0 Å². The number of anilines is 1. The summed E-state index contributed by atoms with van der Waals surface area (Å²) in [6.07, 6.45) is 1.00. The molecule has 1 amide bonds. The maximum atomic E-state index is 13.9. The monoisotopic (exact) mass is 465 g/mol. The largest absolute Gasteiger partial charge is 0.497 e. The number of nitrogens with one attached hydrogen (secondary N) is 1. The zero-order chi connectivity index (χ0) is 22.6. The molecule has 0 atom stereocenters. The SMILES string of the molecule is COc1ccc(NC(=O)c2nc(S(=O)(=O)Cc3ccccc3F)ncc2Cl)c(OC)c1. The summed E-state index contributed by atoms with van der Waals surface area (Å²) >= 11 is 6.02. The van der Waals surface area contributed by atoms with Gasteiger partial charge < -0.3 is 14.8 Å². The number of ether oxygens (including phenoxy) is 2. The lowest BCUT2D eigenvalue weighted by Gasteiger charge is -2.12. The van der Waals surface area contributed by atoms with Gasteiger partial charge in [-0.1, -0.05) is 29.8 Å². The lowest BCUT2D eigenvalue weighted by molar-refractivity contribution is 0.102. The second kappa shape index (κ2) is 9.27. The van der Waals surface area contributed by atoms with Crippen molar-refractivity contribution in [1.82, 2.24) is 9.97 Å². The summed E-state index contributed by atoms with van der Waals surface area (Å²) in [6.45, 7) is 0. The predicted molar refractivity (Wildman–Crippen MR) is 112 cm³/mol. The summed E-state index contributed by atoms with van der Waals surface area (Å²) in [5, 5.41) is 1.75. The van der Waals surface area contributed by atoms with E-state index in [9.17, 15) is 17.6 Å². The van der Waals surface area contributed by atoms with Gasteiger partial charge >= 0.3 is 0 Å². The molecule has 0 aliphatic carbocycles. The van der Waals surface area contributed by atoms with Crippen LogP contribution in [0.25, 0.3) is 0 Å². The molecule has 0 unspecified atom stereocenters. The van der Waals surface area contributed by atoms with Gasteiger partial charge in [0.1, 0.15) is 17.3 Å². The highest BCUT2D eigenvalue weighted by atomic mass is 35.5. The van der Waals surface area contributed by atoms with Gasteiger partial charge in [-0.3, -0.25) is 4.79 Å². The smallest absolute Gasteiger partial charge is 0.276 e. The van der Waals surface area contributed by atoms with E-state index >= 15 is 0 Å². The average Bonchev–Trinajstić information content (AvgIpc) is 2.75. The summed E-state index contributed by atoms with van der Waals surface area (Å²) in [7, 11) is -1.25. The molecule has 162 valence electrons. The van der Waals surface area contributed by atoms with Crippen molar-refractivity contribution in [3.8, 4) is 11.5 Å². The first-order chi connectivity index (χ1) is 14.7. The number of benzene rings is 2. The quantitative estimate of drug-likeness (QED) is 0.532. The van der Waals surface area contributed by atoms with E-state index in [-0.39, 0.29) is 16.3 Å². The first kappa shape index (κ1) is 22.4. The molecule has 8 nitrogen and oxygen atoms in total. The highest BCUT2D eigenvalue weighted by molar-refractivity contribution is 7.90. The first-order valence-corrected chi connectivity index (χ1v) is 10.8. The first-order valence-electron chi connectivity index (χ1n) is 8.77. The average molecular weight is 466 g/mol. The lowest BCUT2D eigenvalue weighted by atomic mass is 10.2. The number of rotatable bonds is 7. The van der Waals surface area contributed by atoms with Crippen molar-refractivity contribution in [3.05, 3.63) is 70.8 Å². The molecule has 0 spiro atoms. The number of carbonyl (C=O) groups excluding carboxylic acids is 1. The Bertz CT molecular complexity index is 1240. The molecule has 0 radical (unpaired) electrons. The topological polar surface area (TPSA) is 107 Å². The van der Waals surface area contributed by atoms with E-state index in [1.165, 1.54) is 32.4 Å². The summed E-state index contributed by atoms with van der Waals surface area (Å²) < 4.78 is 49.5. The highest BCUT2D eigenvalue weighted by Gasteiger charge is 2.24. The number of carbonyl (C=O) groups is 1. The summed E-state index contributed by atoms with van der Waals surface area (Å²) in [4.78, 5) is 20.3. The van der Waals surface area contributed by atoms with E-state index in [1.54, 1.807) is 18.2 Å². The second-order valence-corrected chi connectivity index (χ2v) is 8.51. The third-order valence-electron chi connectivity index (χ3n) is 4.18. The fourth-order valence-electron chi connectivity index (χ4n) is 2.63. The molecular formula is C20H17ClFN3O5S. The van der Waals surface area contributed by atoms with Gasteiger partial charge in [-0.05, 0) is 18.2 Å². The fourth-order valence-corrected chi connectivity index (χ4v) is 4.02. The van der Waals surface area contributed by atoms with Crippen LogP contribution in [0.4, 0.5) is 10.1 Å². The molecule has 1 heterocycles. The summed E-state index contributed by atoms with van der Waals surface area (Å²) in [6, 6.07) is 10.1. The Morgan fingerprint density at radius 3 is 2.58 bits per heavy atom. The lowest BCUT2D eigenvalue weighted by Crippen LogP contribution is -2.18. The maximum Gasteiger partial charge on any atom is 0.276 e. The van der Waals surface area contributed by atoms with Crippen LogP contribution in [0, 0.1) is 5.82 Å². The van der Waals surface area contributed by atoms with Crippen LogP contribution in [0.3, 0.4) is 0 Å². The van der Waals surface area contributed by atoms with Gasteiger partial charge in [0.15, 0.2) is 5.69 Å². The molecule has 2 aromatic carbocycles. The third-order valence-corrected chi connectivity index (χ3v) is 5.90. The van der Waals surface area contributed by atoms with E-state index < -0.39 is 32.5 Å². The molecular weight excluding hydrogens is 449 g/mol. The summed E-state index contributed by atoms with van der Waals surface area (Å²) in [5.41, 5.74) is -0.115. The zero-order valence-corrected chi connectivity index (χ0v) is 18.0. The number of sulfone groups is 1. The van der Waals surface area contributed by atoms with Gasteiger partial charge in [0, 0.05) is 11.6 Å². The van der Waals surface area contributed by atoms with Crippen LogP contribution in [-0.2, 0) is 15.6 Å². The molecule has 0 fully saturated rings. The van der Waals surface area contributed by atoms with Gasteiger partial charge in [-0.2, -0.15) is 0 Å². The Balaban J connectivity index is 1.90. The molecule has 0 saturated carbocycles. The molecule has 0 aliphatic heterocycles. The number of aromatic nitrogens is 2. The number of hydrogen-bond acceptors (Lipinski definition) is 7. The number of amides is 1. The Morgan fingerprint density at radius 1 is 1.16 bits per heavy atom. The summed E-state index contributed by atoms with van der Waals surface area (Å²) in [5.74, 6) is -1.31. The number of nitrogens with zero attached hydrogens (tertiary/aromatic N) is 2. The molecule has 0 bridgehead atoms. The second-order valence-electron chi connectivity index (χ2n) is 6.22. The Kier molecular flexibility index (Phi) is 6.71. The fraction of sp³-hybridized carbons (Fsp3) is 0.150. The van der Waals surface area contributed by atoms with Gasteiger partial charge in [0.25, 0.3) is 5.91 Å². The maximum absolute atomic E-state index is 13.9. The van der Waals surface area contributed by atoms with Crippen molar-refractivity contribution >= 4 is 33.0 Å². The van der Waals surface area contributed by atoms with Crippen LogP contribution in [0.5, 0.6) is 11.5 Å². The van der Waals surface area contributed by atoms with E-state index in [0.29, 0.717) is 17.2 Å². The van der Waals surface area contributed by atoms with Crippen LogP contribution in [0.15, 0.2) is 53.8 Å². The van der Waals surface area contributed by atoms with Crippen LogP contribution >= 0.6 is 11.6 Å². The van der Waals surface area contributed by atoms with E-state index in [2.05, 4.69) is 15.3 Å². The molecule has 0 saturated heterocycles. The van der Waals surface area contributed by atoms with Gasteiger partial charge in [0.05, 0.1) is 36.9 Å². The van der Waals surface area contributed by atoms with Crippen molar-refractivity contribution in [1.29, 1.82) is 0 Å². The van der Waals surface area contributed by atoms with Crippen LogP contribution in [0.1, 0.15) is 16.1 Å². The molecule has 31 heavy (non-hydrogen) atoms. The number of halogens is 2. The van der Waals surface area contributed by atoms with E-state index in [0.717, 1.165) is 12.3 Å². The minimum Gasteiger partial charge on any atom is -0.497 e. The van der Waals surface area contributed by atoms with E-state index in [1.807, 2.05) is 0 Å². The van der Waals surface area contributed by atoms with Crippen molar-refractivity contribution < 1.29 is 27.1 Å². The van der Waals surface area contributed by atoms with Gasteiger partial charge in [-0.15, -0.1) is 0 Å². The normalized spacial score (nSPS) is 11.1. The Hall–Kier alpha value is -3.24. The molecule has 11 heteroatoms. The van der Waals surface area contributed by atoms with Crippen LogP contribution < -0.4 is 14.8 Å². The molecule has 1 aromatic heterocycles. The van der Waals surface area contributed by atoms with Crippen LogP contribution in [0.2, 0.25) is 5.02 Å².